The highest BCUT2D eigenvalue weighted by molar-refractivity contribution is 8.00. The summed E-state index contributed by atoms with van der Waals surface area (Å²) in [4.78, 5) is 2.04. The van der Waals surface area contributed by atoms with Gasteiger partial charge in [-0.3, -0.25) is 4.90 Å². The molecule has 2 N–H and O–H groups in total. The molecule has 7 heteroatoms. The van der Waals surface area contributed by atoms with Crippen LogP contribution in [0.2, 0.25) is 5.02 Å². The zero-order chi connectivity index (χ0) is 15.5. The van der Waals surface area contributed by atoms with E-state index in [1.165, 1.54) is 6.26 Å². The van der Waals surface area contributed by atoms with E-state index < -0.39 is 9.84 Å². The van der Waals surface area contributed by atoms with Gasteiger partial charge in [-0.15, -0.1) is 0 Å². The summed E-state index contributed by atoms with van der Waals surface area (Å²) in [5.74, 6) is 1.62. The molecule has 0 aliphatic carbocycles. The molecule has 1 aromatic carbocycles. The van der Waals surface area contributed by atoms with Crippen molar-refractivity contribution in [1.82, 2.24) is 4.90 Å². The first-order valence-electron chi connectivity index (χ1n) is 6.89. The number of halogens is 1. The number of nitrogens with zero attached hydrogens (tertiary/aromatic N) is 1. The maximum absolute atomic E-state index is 11.8. The quantitative estimate of drug-likeness (QED) is 0.883. The minimum atomic E-state index is -3.05. The highest BCUT2D eigenvalue weighted by Crippen LogP contribution is 2.23. The molecule has 1 heterocycles. The Morgan fingerprint density at radius 1 is 1.43 bits per heavy atom. The van der Waals surface area contributed by atoms with Gasteiger partial charge < -0.3 is 5.73 Å². The van der Waals surface area contributed by atoms with Crippen LogP contribution < -0.4 is 5.73 Å². The summed E-state index contributed by atoms with van der Waals surface area (Å²) in [6, 6.07) is 7.40. The molecule has 0 radical (unpaired) electrons. The van der Waals surface area contributed by atoms with Gasteiger partial charge in [0, 0.05) is 41.9 Å². The minimum Gasteiger partial charge on any atom is -0.324 e. The summed E-state index contributed by atoms with van der Waals surface area (Å²) < 4.78 is 23.7. The fraction of sp³-hybridized carbons (Fsp3) is 0.571. The third-order valence-corrected chi connectivity index (χ3v) is 6.65. The predicted octanol–water partition coefficient (Wildman–Crippen LogP) is 2.15. The maximum atomic E-state index is 11.8. The predicted molar refractivity (Wildman–Crippen MR) is 90.5 cm³/mol. The van der Waals surface area contributed by atoms with E-state index in [4.69, 9.17) is 17.3 Å². The molecule has 21 heavy (non-hydrogen) atoms. The van der Waals surface area contributed by atoms with Crippen LogP contribution in [0.1, 0.15) is 18.0 Å². The van der Waals surface area contributed by atoms with Gasteiger partial charge in [0.1, 0.15) is 5.37 Å². The molecule has 1 aromatic rings. The van der Waals surface area contributed by atoms with Gasteiger partial charge in [-0.1, -0.05) is 23.7 Å². The van der Waals surface area contributed by atoms with Gasteiger partial charge >= 0.3 is 0 Å². The Balaban J connectivity index is 1.96. The lowest BCUT2D eigenvalue weighted by molar-refractivity contribution is 0.260. The van der Waals surface area contributed by atoms with E-state index in [0.717, 1.165) is 24.3 Å². The Morgan fingerprint density at radius 2 is 2.10 bits per heavy atom. The first-order chi connectivity index (χ1) is 9.88. The van der Waals surface area contributed by atoms with Gasteiger partial charge in [-0.2, -0.15) is 11.8 Å². The van der Waals surface area contributed by atoms with Crippen molar-refractivity contribution >= 4 is 33.2 Å². The van der Waals surface area contributed by atoms with E-state index >= 15 is 0 Å². The SMILES string of the molecule is CS(=O)(=O)C1CSCCN1CCC(N)c1ccc(Cl)cc1. The largest absolute Gasteiger partial charge is 0.324 e. The van der Waals surface area contributed by atoms with Crippen LogP contribution in [0.15, 0.2) is 24.3 Å². The van der Waals surface area contributed by atoms with E-state index in [9.17, 15) is 8.42 Å². The first-order valence-corrected chi connectivity index (χ1v) is 10.4. The summed E-state index contributed by atoms with van der Waals surface area (Å²) >= 11 is 7.57. The molecular formula is C14H21ClN2O2S2. The Hall–Kier alpha value is -0.270. The Labute approximate surface area is 135 Å². The zero-order valence-corrected chi connectivity index (χ0v) is 14.4. The highest BCUT2D eigenvalue weighted by atomic mass is 35.5. The van der Waals surface area contributed by atoms with Crippen molar-refractivity contribution in [2.24, 2.45) is 5.73 Å². The third-order valence-electron chi connectivity index (χ3n) is 3.71. The molecule has 118 valence electrons. The van der Waals surface area contributed by atoms with Crippen LogP contribution in [0.25, 0.3) is 0 Å². The van der Waals surface area contributed by atoms with Gasteiger partial charge in [0.15, 0.2) is 9.84 Å². The van der Waals surface area contributed by atoms with Crippen LogP contribution in [-0.2, 0) is 9.84 Å². The number of sulfone groups is 1. The van der Waals surface area contributed by atoms with Crippen LogP contribution in [0.4, 0.5) is 0 Å². The molecule has 2 atom stereocenters. The second kappa shape index (κ2) is 7.33. The lowest BCUT2D eigenvalue weighted by Gasteiger charge is -2.34. The molecule has 0 saturated carbocycles. The normalized spacial score (nSPS) is 22.1. The van der Waals surface area contributed by atoms with E-state index in [1.54, 1.807) is 11.8 Å². The second-order valence-corrected chi connectivity index (χ2v) is 9.13. The smallest absolute Gasteiger partial charge is 0.164 e. The summed E-state index contributed by atoms with van der Waals surface area (Å²) in [6.07, 6.45) is 2.05. The minimum absolute atomic E-state index is 0.0999. The lowest BCUT2D eigenvalue weighted by Crippen LogP contribution is -2.47. The molecule has 2 unspecified atom stereocenters. The van der Waals surface area contributed by atoms with E-state index in [-0.39, 0.29) is 11.4 Å². The van der Waals surface area contributed by atoms with Gasteiger partial charge in [0.2, 0.25) is 0 Å². The molecule has 1 saturated heterocycles. The van der Waals surface area contributed by atoms with Crippen molar-refractivity contribution in [2.75, 3.05) is 30.9 Å². The average Bonchev–Trinajstić information content (AvgIpc) is 2.45. The fourth-order valence-corrected chi connectivity index (χ4v) is 5.55. The van der Waals surface area contributed by atoms with Gasteiger partial charge in [0.25, 0.3) is 0 Å². The van der Waals surface area contributed by atoms with Crippen LogP contribution in [0, 0.1) is 0 Å². The van der Waals surface area contributed by atoms with Crippen molar-refractivity contribution in [3.63, 3.8) is 0 Å². The molecule has 4 nitrogen and oxygen atoms in total. The number of thioether (sulfide) groups is 1. The van der Waals surface area contributed by atoms with Gasteiger partial charge in [-0.05, 0) is 24.1 Å². The average molecular weight is 349 g/mol. The molecule has 0 aromatic heterocycles. The van der Waals surface area contributed by atoms with Gasteiger partial charge in [-0.25, -0.2) is 8.42 Å². The fourth-order valence-electron chi connectivity index (χ4n) is 2.45. The highest BCUT2D eigenvalue weighted by Gasteiger charge is 2.30. The van der Waals surface area contributed by atoms with Crippen molar-refractivity contribution in [1.29, 1.82) is 0 Å². The number of hydrogen-bond acceptors (Lipinski definition) is 5. The van der Waals surface area contributed by atoms with E-state index in [2.05, 4.69) is 0 Å². The van der Waals surface area contributed by atoms with Crippen molar-refractivity contribution < 1.29 is 8.42 Å². The molecular weight excluding hydrogens is 328 g/mol. The van der Waals surface area contributed by atoms with E-state index in [1.807, 2.05) is 29.2 Å². The number of benzene rings is 1. The molecule has 0 bridgehead atoms. The van der Waals surface area contributed by atoms with Gasteiger partial charge in [0.05, 0.1) is 0 Å². The standard InChI is InChI=1S/C14H21ClN2O2S2/c1-21(18,19)14-10-20-9-8-17(14)7-6-13(16)11-2-4-12(15)5-3-11/h2-5,13-14H,6-10,16H2,1H3. The third kappa shape index (κ3) is 4.86. The molecule has 1 fully saturated rings. The Kier molecular flexibility index (Phi) is 5.96. The van der Waals surface area contributed by atoms with Crippen LogP contribution in [0.5, 0.6) is 0 Å². The summed E-state index contributed by atoms with van der Waals surface area (Å²) in [5, 5.41) is 0.310. The van der Waals surface area contributed by atoms with Crippen molar-refractivity contribution in [3.05, 3.63) is 34.9 Å². The summed E-state index contributed by atoms with van der Waals surface area (Å²) in [7, 11) is -3.05. The molecule has 2 rings (SSSR count). The molecule has 1 aliphatic rings. The van der Waals surface area contributed by atoms with Crippen LogP contribution in [0.3, 0.4) is 0 Å². The molecule has 0 amide bonds. The lowest BCUT2D eigenvalue weighted by atomic mass is 10.0. The number of nitrogens with two attached hydrogens (primary N) is 1. The van der Waals surface area contributed by atoms with Crippen molar-refractivity contribution in [2.45, 2.75) is 17.8 Å². The van der Waals surface area contributed by atoms with Crippen LogP contribution in [-0.4, -0.2) is 49.5 Å². The maximum Gasteiger partial charge on any atom is 0.164 e. The van der Waals surface area contributed by atoms with Crippen molar-refractivity contribution in [3.8, 4) is 0 Å². The topological polar surface area (TPSA) is 63.4 Å². The number of rotatable bonds is 5. The zero-order valence-electron chi connectivity index (χ0n) is 12.0. The monoisotopic (exact) mass is 348 g/mol. The Bertz CT molecular complexity index is 563. The van der Waals surface area contributed by atoms with Crippen LogP contribution >= 0.6 is 23.4 Å². The number of hydrogen-bond donors (Lipinski definition) is 1. The molecule has 1 aliphatic heterocycles. The molecule has 0 spiro atoms. The first kappa shape index (κ1) is 17.1. The summed E-state index contributed by atoms with van der Waals surface area (Å²) in [6.45, 7) is 1.50. The summed E-state index contributed by atoms with van der Waals surface area (Å²) in [5.41, 5.74) is 7.22. The van der Waals surface area contributed by atoms with E-state index in [0.29, 0.717) is 17.3 Å². The second-order valence-electron chi connectivity index (χ2n) is 5.34. The Morgan fingerprint density at radius 3 is 2.71 bits per heavy atom.